The standard InChI is InChI=1S/C37H70O5/c1-3-5-7-9-11-13-15-17-19-21-23-25-27-29-31-36(39)41-33-35(38)34-42-37(40)32-30-28-26-24-22-20-18-16-14-12-10-8-6-4-2/h35,38H,1-34H2/q-2. The Hall–Kier alpha value is -1.10. The number of hydrogen-bond acceptors (Lipinski definition) is 5. The summed E-state index contributed by atoms with van der Waals surface area (Å²) in [6, 6.07) is 0. The number of carbonyl (C=O) groups excluding carboxylic acids is 2. The van der Waals surface area contributed by atoms with E-state index in [4.69, 9.17) is 9.47 Å². The van der Waals surface area contributed by atoms with Crippen molar-refractivity contribution in [1.82, 2.24) is 0 Å². The second-order valence-corrected chi connectivity index (χ2v) is 12.4. The van der Waals surface area contributed by atoms with Crippen LogP contribution < -0.4 is 0 Å². The summed E-state index contributed by atoms with van der Waals surface area (Å²) < 4.78 is 10.3. The van der Waals surface area contributed by atoms with Gasteiger partial charge in [-0.2, -0.15) is 12.8 Å². The summed E-state index contributed by atoms with van der Waals surface area (Å²) >= 11 is 0. The Morgan fingerprint density at radius 1 is 0.405 bits per heavy atom. The maximum absolute atomic E-state index is 11.9. The van der Waals surface area contributed by atoms with E-state index in [0.29, 0.717) is 12.8 Å². The van der Waals surface area contributed by atoms with Gasteiger partial charge in [0.2, 0.25) is 0 Å². The highest BCUT2D eigenvalue weighted by Gasteiger charge is 2.12. The molecular formula is C37H70O5-2. The zero-order chi connectivity index (χ0) is 30.8. The van der Waals surface area contributed by atoms with Crippen molar-refractivity contribution < 1.29 is 24.2 Å². The van der Waals surface area contributed by atoms with E-state index in [9.17, 15) is 14.7 Å². The predicted octanol–water partition coefficient (Wildman–Crippen LogP) is 10.8. The minimum absolute atomic E-state index is 0.113. The van der Waals surface area contributed by atoms with E-state index >= 15 is 0 Å². The third kappa shape index (κ3) is 33.4. The lowest BCUT2D eigenvalue weighted by Crippen LogP contribution is -2.25. The van der Waals surface area contributed by atoms with Crippen LogP contribution in [0.3, 0.4) is 0 Å². The topological polar surface area (TPSA) is 72.8 Å². The number of esters is 2. The maximum atomic E-state index is 11.9. The molecule has 0 radical (unpaired) electrons. The molecule has 0 aliphatic rings. The molecule has 5 heteroatoms. The van der Waals surface area contributed by atoms with Crippen LogP contribution in [0.25, 0.3) is 0 Å². The molecule has 0 aliphatic heterocycles. The second-order valence-electron chi connectivity index (χ2n) is 12.4. The van der Waals surface area contributed by atoms with E-state index in [1.54, 1.807) is 0 Å². The molecule has 0 aromatic rings. The summed E-state index contributed by atoms with van der Waals surface area (Å²) in [7, 11) is 0. The Morgan fingerprint density at radius 3 is 0.857 bits per heavy atom. The van der Waals surface area contributed by atoms with Crippen LogP contribution in [0.1, 0.15) is 193 Å². The molecule has 0 bridgehead atoms. The molecule has 0 fully saturated rings. The minimum Gasteiger partial charge on any atom is -0.463 e. The molecule has 0 aromatic carbocycles. The molecular weight excluding hydrogens is 524 g/mol. The Labute approximate surface area is 261 Å². The highest BCUT2D eigenvalue weighted by Crippen LogP contribution is 2.15. The molecule has 0 amide bonds. The smallest absolute Gasteiger partial charge is 0.305 e. The SMILES string of the molecule is [CH2-]CCCCCCCCCCCCCCCC(=O)OCC(O)COC(=O)CCCCCCCCCCCCCCC[CH2-]. The van der Waals surface area contributed by atoms with E-state index in [1.807, 2.05) is 0 Å². The van der Waals surface area contributed by atoms with Crippen molar-refractivity contribution in [3.8, 4) is 0 Å². The molecule has 0 atom stereocenters. The lowest BCUT2D eigenvalue weighted by atomic mass is 10.0. The first-order valence-electron chi connectivity index (χ1n) is 18.2. The summed E-state index contributed by atoms with van der Waals surface area (Å²) in [5.41, 5.74) is 0. The van der Waals surface area contributed by atoms with Gasteiger partial charge in [-0.25, -0.2) is 0 Å². The fourth-order valence-electron chi connectivity index (χ4n) is 5.35. The summed E-state index contributed by atoms with van der Waals surface area (Å²) in [6.07, 6.45) is 34.6. The van der Waals surface area contributed by atoms with Gasteiger partial charge in [0.1, 0.15) is 19.3 Å². The molecule has 0 heterocycles. The average Bonchev–Trinajstić information content (AvgIpc) is 2.99. The fraction of sp³-hybridized carbons (Fsp3) is 0.892. The number of aliphatic hydroxyl groups excluding tert-OH is 1. The monoisotopic (exact) mass is 595 g/mol. The van der Waals surface area contributed by atoms with Crippen LogP contribution in [-0.2, 0) is 19.1 Å². The Balaban J connectivity index is 3.38. The van der Waals surface area contributed by atoms with Crippen LogP contribution in [0.15, 0.2) is 0 Å². The third-order valence-electron chi connectivity index (χ3n) is 8.14. The van der Waals surface area contributed by atoms with Gasteiger partial charge >= 0.3 is 11.9 Å². The minimum atomic E-state index is -0.958. The van der Waals surface area contributed by atoms with Gasteiger partial charge < -0.3 is 28.4 Å². The average molecular weight is 595 g/mol. The van der Waals surface area contributed by atoms with Crippen LogP contribution >= 0.6 is 0 Å². The van der Waals surface area contributed by atoms with Crippen LogP contribution in [-0.4, -0.2) is 36.4 Å². The van der Waals surface area contributed by atoms with E-state index < -0.39 is 6.10 Å². The Bertz CT molecular complexity index is 516. The highest BCUT2D eigenvalue weighted by molar-refractivity contribution is 5.69. The van der Waals surface area contributed by atoms with Crippen molar-refractivity contribution in [2.45, 2.75) is 199 Å². The van der Waals surface area contributed by atoms with Gasteiger partial charge in [0.05, 0.1) is 0 Å². The van der Waals surface area contributed by atoms with Gasteiger partial charge in [-0.15, -0.1) is 0 Å². The van der Waals surface area contributed by atoms with Gasteiger partial charge in [0, 0.05) is 12.8 Å². The number of aliphatic hydroxyl groups is 1. The fourth-order valence-corrected chi connectivity index (χ4v) is 5.35. The Morgan fingerprint density at radius 2 is 0.619 bits per heavy atom. The zero-order valence-corrected chi connectivity index (χ0v) is 27.7. The first kappa shape index (κ1) is 40.9. The van der Waals surface area contributed by atoms with E-state index in [-0.39, 0.29) is 25.2 Å². The molecule has 0 saturated carbocycles. The van der Waals surface area contributed by atoms with Crippen molar-refractivity contribution >= 4 is 11.9 Å². The van der Waals surface area contributed by atoms with Crippen LogP contribution in [0.5, 0.6) is 0 Å². The molecule has 1 N–H and O–H groups in total. The van der Waals surface area contributed by atoms with Gasteiger partial charge in [0.15, 0.2) is 0 Å². The number of rotatable bonds is 34. The van der Waals surface area contributed by atoms with Gasteiger partial charge in [0.25, 0.3) is 0 Å². The number of carbonyl (C=O) groups is 2. The Kier molecular flexibility index (Phi) is 33.5. The van der Waals surface area contributed by atoms with Crippen molar-refractivity contribution in [3.05, 3.63) is 13.8 Å². The van der Waals surface area contributed by atoms with E-state index in [0.717, 1.165) is 51.4 Å². The number of hydrogen-bond donors (Lipinski definition) is 1. The van der Waals surface area contributed by atoms with Crippen molar-refractivity contribution in [3.63, 3.8) is 0 Å². The quantitative estimate of drug-likeness (QED) is 0.0456. The molecule has 0 aliphatic carbocycles. The van der Waals surface area contributed by atoms with E-state index in [2.05, 4.69) is 13.8 Å². The summed E-state index contributed by atoms with van der Waals surface area (Å²) in [6.45, 7) is 7.56. The first-order chi connectivity index (χ1) is 20.6. The lowest BCUT2D eigenvalue weighted by molar-refractivity contribution is -0.152. The molecule has 0 aromatic heterocycles. The van der Waals surface area contributed by atoms with E-state index in [1.165, 1.54) is 128 Å². The molecule has 0 rings (SSSR count). The van der Waals surface area contributed by atoms with Crippen LogP contribution in [0.2, 0.25) is 0 Å². The summed E-state index contributed by atoms with van der Waals surface area (Å²) in [4.78, 5) is 23.8. The first-order valence-corrected chi connectivity index (χ1v) is 18.2. The van der Waals surface area contributed by atoms with Crippen LogP contribution in [0, 0.1) is 13.8 Å². The molecule has 0 saturated heterocycles. The third-order valence-corrected chi connectivity index (χ3v) is 8.14. The maximum Gasteiger partial charge on any atom is 0.305 e. The van der Waals surface area contributed by atoms with Crippen LogP contribution in [0.4, 0.5) is 0 Å². The second kappa shape index (κ2) is 34.4. The summed E-state index contributed by atoms with van der Waals surface area (Å²) in [5, 5.41) is 9.98. The largest absolute Gasteiger partial charge is 0.463 e. The summed E-state index contributed by atoms with van der Waals surface area (Å²) in [5.74, 6) is -0.563. The predicted molar refractivity (Wildman–Crippen MR) is 177 cm³/mol. The van der Waals surface area contributed by atoms with Crippen molar-refractivity contribution in [2.24, 2.45) is 0 Å². The normalized spacial score (nSPS) is 11.3. The number of unbranched alkanes of at least 4 members (excludes halogenated alkanes) is 26. The van der Waals surface area contributed by atoms with Crippen molar-refractivity contribution in [1.29, 1.82) is 0 Å². The van der Waals surface area contributed by atoms with Crippen molar-refractivity contribution in [2.75, 3.05) is 13.2 Å². The molecule has 42 heavy (non-hydrogen) atoms. The zero-order valence-electron chi connectivity index (χ0n) is 27.7. The highest BCUT2D eigenvalue weighted by atomic mass is 16.6. The molecule has 0 spiro atoms. The molecule has 5 nitrogen and oxygen atoms in total. The van der Waals surface area contributed by atoms with Gasteiger partial charge in [-0.1, -0.05) is 154 Å². The van der Waals surface area contributed by atoms with Gasteiger partial charge in [-0.05, 0) is 12.8 Å². The molecule has 0 unspecified atom stereocenters. The van der Waals surface area contributed by atoms with Gasteiger partial charge in [-0.3, -0.25) is 9.59 Å². The lowest BCUT2D eigenvalue weighted by Gasteiger charge is -2.12. The molecule has 250 valence electrons. The number of ether oxygens (including phenoxy) is 2.